The molecule has 1 N–H and O–H groups in total. The molecule has 1 aromatic heterocycles. The summed E-state index contributed by atoms with van der Waals surface area (Å²) >= 11 is 0. The lowest BCUT2D eigenvalue weighted by molar-refractivity contribution is 0.272. The van der Waals surface area contributed by atoms with Crippen molar-refractivity contribution in [3.05, 3.63) is 41.3 Å². The minimum Gasteiger partial charge on any atom is -0.482 e. The zero-order chi connectivity index (χ0) is 15.2. The molecule has 0 bridgehead atoms. The SMILES string of the molecule is CCCNC(C)c1ccc(OCc2noc(C)n2)c(F)c1. The summed E-state index contributed by atoms with van der Waals surface area (Å²) in [5.74, 6) is 0.649. The monoisotopic (exact) mass is 293 g/mol. The largest absolute Gasteiger partial charge is 0.482 e. The van der Waals surface area contributed by atoms with Crippen LogP contribution in [0.4, 0.5) is 4.39 Å². The van der Waals surface area contributed by atoms with Crippen LogP contribution >= 0.6 is 0 Å². The van der Waals surface area contributed by atoms with Gasteiger partial charge in [-0.15, -0.1) is 0 Å². The van der Waals surface area contributed by atoms with Gasteiger partial charge in [0.15, 0.2) is 18.2 Å². The Bertz CT molecular complexity index is 586. The number of halogens is 1. The number of aryl methyl sites for hydroxylation is 1. The molecular weight excluding hydrogens is 273 g/mol. The number of rotatable bonds is 7. The summed E-state index contributed by atoms with van der Waals surface area (Å²) in [4.78, 5) is 4.00. The molecule has 2 aromatic rings. The molecule has 0 aliphatic rings. The highest BCUT2D eigenvalue weighted by molar-refractivity contribution is 5.31. The van der Waals surface area contributed by atoms with E-state index in [1.165, 1.54) is 6.07 Å². The molecule has 0 aliphatic heterocycles. The molecule has 2 rings (SSSR count). The van der Waals surface area contributed by atoms with Crippen molar-refractivity contribution in [3.63, 3.8) is 0 Å². The molecular formula is C15H20FN3O2. The Labute approximate surface area is 123 Å². The number of nitrogens with zero attached hydrogens (tertiary/aromatic N) is 2. The maximum absolute atomic E-state index is 14.0. The molecule has 0 amide bonds. The minimum atomic E-state index is -0.391. The lowest BCUT2D eigenvalue weighted by Crippen LogP contribution is -2.19. The molecule has 0 saturated carbocycles. The molecule has 1 atom stereocenters. The Morgan fingerprint density at radius 1 is 1.43 bits per heavy atom. The molecule has 0 saturated heterocycles. The van der Waals surface area contributed by atoms with E-state index in [1.807, 2.05) is 13.0 Å². The molecule has 1 unspecified atom stereocenters. The fraction of sp³-hybridized carbons (Fsp3) is 0.467. The molecule has 0 aliphatic carbocycles. The number of ether oxygens (including phenoxy) is 1. The molecule has 21 heavy (non-hydrogen) atoms. The van der Waals surface area contributed by atoms with Crippen molar-refractivity contribution in [1.82, 2.24) is 15.5 Å². The number of hydrogen-bond acceptors (Lipinski definition) is 5. The zero-order valence-corrected chi connectivity index (χ0v) is 12.5. The molecule has 114 valence electrons. The summed E-state index contributed by atoms with van der Waals surface area (Å²) < 4.78 is 24.2. The summed E-state index contributed by atoms with van der Waals surface area (Å²) in [6.07, 6.45) is 1.04. The van der Waals surface area contributed by atoms with E-state index in [9.17, 15) is 4.39 Å². The van der Waals surface area contributed by atoms with Gasteiger partial charge in [0.2, 0.25) is 11.7 Å². The molecule has 0 fully saturated rings. The predicted molar refractivity (Wildman–Crippen MR) is 76.5 cm³/mol. The normalized spacial score (nSPS) is 12.4. The first kappa shape index (κ1) is 15.4. The predicted octanol–water partition coefficient (Wildman–Crippen LogP) is 3.16. The van der Waals surface area contributed by atoms with Gasteiger partial charge in [0.05, 0.1) is 0 Å². The average molecular weight is 293 g/mol. The first-order valence-corrected chi connectivity index (χ1v) is 7.05. The maximum atomic E-state index is 14.0. The third-order valence-corrected chi connectivity index (χ3v) is 3.08. The number of nitrogens with one attached hydrogen (secondary N) is 1. The van der Waals surface area contributed by atoms with Crippen molar-refractivity contribution in [2.75, 3.05) is 6.54 Å². The van der Waals surface area contributed by atoms with E-state index in [4.69, 9.17) is 9.26 Å². The highest BCUT2D eigenvalue weighted by Crippen LogP contribution is 2.22. The molecule has 1 aromatic carbocycles. The lowest BCUT2D eigenvalue weighted by Gasteiger charge is -2.14. The van der Waals surface area contributed by atoms with Gasteiger partial charge in [0, 0.05) is 13.0 Å². The van der Waals surface area contributed by atoms with Crippen molar-refractivity contribution in [2.45, 2.75) is 39.8 Å². The van der Waals surface area contributed by atoms with Gasteiger partial charge in [0.1, 0.15) is 0 Å². The summed E-state index contributed by atoms with van der Waals surface area (Å²) in [6, 6.07) is 5.08. The van der Waals surface area contributed by atoms with E-state index in [0.29, 0.717) is 11.7 Å². The van der Waals surface area contributed by atoms with Crippen LogP contribution in [0.2, 0.25) is 0 Å². The van der Waals surface area contributed by atoms with Crippen molar-refractivity contribution in [2.24, 2.45) is 0 Å². The van der Waals surface area contributed by atoms with Crippen LogP contribution in [0.1, 0.15) is 43.6 Å². The van der Waals surface area contributed by atoms with Gasteiger partial charge in [-0.2, -0.15) is 4.98 Å². The molecule has 5 nitrogen and oxygen atoms in total. The number of hydrogen-bond donors (Lipinski definition) is 1. The van der Waals surface area contributed by atoms with Crippen LogP contribution < -0.4 is 10.1 Å². The van der Waals surface area contributed by atoms with E-state index in [-0.39, 0.29) is 18.4 Å². The first-order chi connectivity index (χ1) is 10.1. The fourth-order valence-electron chi connectivity index (χ4n) is 1.92. The second-order valence-corrected chi connectivity index (χ2v) is 4.88. The van der Waals surface area contributed by atoms with Crippen molar-refractivity contribution < 1.29 is 13.7 Å². The van der Waals surface area contributed by atoms with Crippen molar-refractivity contribution in [3.8, 4) is 5.75 Å². The maximum Gasteiger partial charge on any atom is 0.223 e. The molecule has 0 spiro atoms. The first-order valence-electron chi connectivity index (χ1n) is 7.05. The highest BCUT2D eigenvalue weighted by Gasteiger charge is 2.11. The quantitative estimate of drug-likeness (QED) is 0.849. The van der Waals surface area contributed by atoms with Crippen LogP contribution in [0.25, 0.3) is 0 Å². The van der Waals surface area contributed by atoms with E-state index in [0.717, 1.165) is 18.5 Å². The van der Waals surface area contributed by atoms with Crippen LogP contribution in [-0.4, -0.2) is 16.7 Å². The highest BCUT2D eigenvalue weighted by atomic mass is 19.1. The van der Waals surface area contributed by atoms with Gasteiger partial charge in [-0.05, 0) is 37.6 Å². The standard InChI is InChI=1S/C15H20FN3O2/c1-4-7-17-10(2)12-5-6-14(13(16)8-12)20-9-15-18-11(3)21-19-15/h5-6,8,10,17H,4,7,9H2,1-3H3. The van der Waals surface area contributed by atoms with E-state index in [2.05, 4.69) is 22.4 Å². The van der Waals surface area contributed by atoms with Crippen LogP contribution in [0.3, 0.4) is 0 Å². The Hall–Kier alpha value is -1.95. The van der Waals surface area contributed by atoms with Gasteiger partial charge >= 0.3 is 0 Å². The van der Waals surface area contributed by atoms with E-state index < -0.39 is 5.82 Å². The van der Waals surface area contributed by atoms with Gasteiger partial charge in [0.25, 0.3) is 0 Å². The van der Waals surface area contributed by atoms with Gasteiger partial charge < -0.3 is 14.6 Å². The third kappa shape index (κ3) is 4.26. The smallest absolute Gasteiger partial charge is 0.223 e. The second kappa shape index (κ2) is 7.17. The molecule has 1 heterocycles. The Morgan fingerprint density at radius 2 is 2.24 bits per heavy atom. The van der Waals surface area contributed by atoms with Gasteiger partial charge in [-0.3, -0.25) is 0 Å². The van der Waals surface area contributed by atoms with Crippen molar-refractivity contribution >= 4 is 0 Å². The summed E-state index contributed by atoms with van der Waals surface area (Å²) in [6.45, 7) is 6.77. The van der Waals surface area contributed by atoms with Gasteiger partial charge in [-0.25, -0.2) is 4.39 Å². The number of aromatic nitrogens is 2. The third-order valence-electron chi connectivity index (χ3n) is 3.08. The Kier molecular flexibility index (Phi) is 5.27. The van der Waals surface area contributed by atoms with Crippen LogP contribution in [-0.2, 0) is 6.61 Å². The zero-order valence-electron chi connectivity index (χ0n) is 12.5. The lowest BCUT2D eigenvalue weighted by atomic mass is 10.1. The Balaban J connectivity index is 1.98. The summed E-state index contributed by atoms with van der Waals surface area (Å²) in [7, 11) is 0. The average Bonchev–Trinajstić information content (AvgIpc) is 2.89. The number of benzene rings is 1. The molecule has 6 heteroatoms. The topological polar surface area (TPSA) is 60.2 Å². The van der Waals surface area contributed by atoms with Gasteiger partial charge in [-0.1, -0.05) is 18.1 Å². The fourth-order valence-corrected chi connectivity index (χ4v) is 1.92. The summed E-state index contributed by atoms with van der Waals surface area (Å²) in [5, 5.41) is 7.01. The van der Waals surface area contributed by atoms with Crippen LogP contribution in [0.5, 0.6) is 5.75 Å². The second-order valence-electron chi connectivity index (χ2n) is 4.88. The van der Waals surface area contributed by atoms with Crippen molar-refractivity contribution in [1.29, 1.82) is 0 Å². The molecule has 0 radical (unpaired) electrons. The summed E-state index contributed by atoms with van der Waals surface area (Å²) in [5.41, 5.74) is 0.892. The Morgan fingerprint density at radius 3 is 2.86 bits per heavy atom. The van der Waals surface area contributed by atoms with E-state index in [1.54, 1.807) is 13.0 Å². The van der Waals surface area contributed by atoms with E-state index >= 15 is 0 Å². The van der Waals surface area contributed by atoms with Crippen LogP contribution in [0.15, 0.2) is 22.7 Å². The minimum absolute atomic E-state index is 0.0806. The van der Waals surface area contributed by atoms with Crippen LogP contribution in [0, 0.1) is 12.7 Å².